The molecule has 17 heavy (non-hydrogen) atoms. The van der Waals surface area contributed by atoms with E-state index in [0.717, 1.165) is 6.54 Å². The molecule has 100 valence electrons. The van der Waals surface area contributed by atoms with E-state index in [1.54, 1.807) is 0 Å². The molecule has 2 unspecified atom stereocenters. The summed E-state index contributed by atoms with van der Waals surface area (Å²) < 4.78 is 0. The van der Waals surface area contributed by atoms with Crippen molar-refractivity contribution in [1.82, 2.24) is 15.1 Å². The summed E-state index contributed by atoms with van der Waals surface area (Å²) in [6.07, 6.45) is 0. The number of nitrogens with one attached hydrogen (secondary N) is 1. The molecule has 0 spiro atoms. The van der Waals surface area contributed by atoms with Gasteiger partial charge < -0.3 is 9.80 Å². The molecule has 1 saturated heterocycles. The van der Waals surface area contributed by atoms with Gasteiger partial charge in [0.15, 0.2) is 0 Å². The van der Waals surface area contributed by atoms with Gasteiger partial charge in [-0.3, -0.25) is 10.1 Å². The van der Waals surface area contributed by atoms with E-state index in [-0.39, 0.29) is 11.9 Å². The summed E-state index contributed by atoms with van der Waals surface area (Å²) >= 11 is 0. The van der Waals surface area contributed by atoms with Crippen LogP contribution in [0.15, 0.2) is 0 Å². The molecule has 1 aliphatic rings. The van der Waals surface area contributed by atoms with Crippen molar-refractivity contribution >= 4 is 5.91 Å². The highest BCUT2D eigenvalue weighted by molar-refractivity contribution is 5.84. The number of nitrogens with zero attached hydrogens (tertiary/aromatic N) is 2. The van der Waals surface area contributed by atoms with E-state index in [1.165, 1.54) is 0 Å². The molecule has 0 aromatic carbocycles. The average molecular weight is 241 g/mol. The Hall–Kier alpha value is -0.610. The quantitative estimate of drug-likeness (QED) is 0.779. The molecule has 1 fully saturated rings. The molecular weight excluding hydrogens is 214 g/mol. The van der Waals surface area contributed by atoms with Crippen LogP contribution in [0, 0.1) is 11.8 Å². The topological polar surface area (TPSA) is 35.6 Å². The van der Waals surface area contributed by atoms with Crippen molar-refractivity contribution in [3.63, 3.8) is 0 Å². The summed E-state index contributed by atoms with van der Waals surface area (Å²) in [5, 5.41) is 3.32. The molecule has 4 nitrogen and oxygen atoms in total. The number of likely N-dealkylation sites (N-methyl/N-ethyl adjacent to an activating group) is 1. The third-order valence-electron chi connectivity index (χ3n) is 3.42. The zero-order valence-electron chi connectivity index (χ0n) is 12.0. The van der Waals surface area contributed by atoms with Crippen molar-refractivity contribution in [2.75, 3.05) is 27.3 Å². The molecule has 2 atom stereocenters. The predicted octanol–water partition coefficient (Wildman–Crippen LogP) is 0.986. The van der Waals surface area contributed by atoms with Crippen molar-refractivity contribution in [3.05, 3.63) is 0 Å². The Bertz CT molecular complexity index is 263. The highest BCUT2D eigenvalue weighted by Gasteiger charge is 2.37. The van der Waals surface area contributed by atoms with Crippen molar-refractivity contribution in [2.45, 2.75) is 39.8 Å². The van der Waals surface area contributed by atoms with E-state index in [9.17, 15) is 4.79 Å². The van der Waals surface area contributed by atoms with Gasteiger partial charge in [0.25, 0.3) is 0 Å². The van der Waals surface area contributed by atoms with E-state index in [2.05, 4.69) is 52.0 Å². The summed E-state index contributed by atoms with van der Waals surface area (Å²) in [7, 11) is 4.12. The number of amides is 1. The second-order valence-electron chi connectivity index (χ2n) is 5.97. The molecule has 0 aromatic heterocycles. The van der Waals surface area contributed by atoms with Gasteiger partial charge in [-0.2, -0.15) is 0 Å². The fourth-order valence-electron chi connectivity index (χ4n) is 2.39. The van der Waals surface area contributed by atoms with Gasteiger partial charge in [0, 0.05) is 12.6 Å². The van der Waals surface area contributed by atoms with Gasteiger partial charge in [0.05, 0.1) is 12.7 Å². The molecule has 1 heterocycles. The fraction of sp³-hybridized carbons (Fsp3) is 0.923. The van der Waals surface area contributed by atoms with Crippen LogP contribution < -0.4 is 5.32 Å². The van der Waals surface area contributed by atoms with Gasteiger partial charge in [-0.05, 0) is 25.9 Å². The lowest BCUT2D eigenvalue weighted by atomic mass is 10.00. The minimum absolute atomic E-state index is 0.00147. The van der Waals surface area contributed by atoms with Crippen molar-refractivity contribution in [1.29, 1.82) is 0 Å². The third kappa shape index (κ3) is 3.42. The normalized spacial score (nSPS) is 23.2. The molecule has 1 amide bonds. The SMILES string of the molecule is CC(C)C1NCN(C(CN(C)C)C(C)C)C1=O. The van der Waals surface area contributed by atoms with Crippen molar-refractivity contribution in [3.8, 4) is 0 Å². The smallest absolute Gasteiger partial charge is 0.241 e. The molecular formula is C13H27N3O. The molecule has 0 radical (unpaired) electrons. The summed E-state index contributed by atoms with van der Waals surface area (Å²) in [6, 6.07) is 0.298. The van der Waals surface area contributed by atoms with E-state index >= 15 is 0 Å². The van der Waals surface area contributed by atoms with Gasteiger partial charge in [-0.25, -0.2) is 0 Å². The van der Waals surface area contributed by atoms with Gasteiger partial charge >= 0.3 is 0 Å². The number of hydrogen-bond donors (Lipinski definition) is 1. The first kappa shape index (κ1) is 14.5. The van der Waals surface area contributed by atoms with Crippen LogP contribution in [0.25, 0.3) is 0 Å². The minimum atomic E-state index is -0.00147. The Labute approximate surface area is 105 Å². The molecule has 0 saturated carbocycles. The summed E-state index contributed by atoms with van der Waals surface area (Å²) in [6.45, 7) is 10.2. The maximum atomic E-state index is 12.3. The lowest BCUT2D eigenvalue weighted by Crippen LogP contribution is -2.47. The first-order chi connectivity index (χ1) is 7.84. The second kappa shape index (κ2) is 5.83. The number of carbonyl (C=O) groups excluding carboxylic acids is 1. The Balaban J connectivity index is 2.73. The zero-order valence-corrected chi connectivity index (χ0v) is 12.0. The Morgan fingerprint density at radius 3 is 2.29 bits per heavy atom. The highest BCUT2D eigenvalue weighted by Crippen LogP contribution is 2.19. The van der Waals surface area contributed by atoms with Gasteiger partial charge in [-0.1, -0.05) is 27.7 Å². The van der Waals surface area contributed by atoms with Gasteiger partial charge in [0.2, 0.25) is 5.91 Å². The Morgan fingerprint density at radius 2 is 1.94 bits per heavy atom. The van der Waals surface area contributed by atoms with Gasteiger partial charge in [0.1, 0.15) is 0 Å². The third-order valence-corrected chi connectivity index (χ3v) is 3.42. The predicted molar refractivity (Wildman–Crippen MR) is 70.7 cm³/mol. The fourth-order valence-corrected chi connectivity index (χ4v) is 2.39. The maximum absolute atomic E-state index is 12.3. The number of hydrogen-bond acceptors (Lipinski definition) is 3. The first-order valence-electron chi connectivity index (χ1n) is 6.53. The van der Waals surface area contributed by atoms with Crippen LogP contribution in [0.3, 0.4) is 0 Å². The maximum Gasteiger partial charge on any atom is 0.241 e. The monoisotopic (exact) mass is 241 g/mol. The van der Waals surface area contributed by atoms with E-state index in [0.29, 0.717) is 24.5 Å². The molecule has 4 heteroatoms. The van der Waals surface area contributed by atoms with Crippen LogP contribution in [0.2, 0.25) is 0 Å². The van der Waals surface area contributed by atoms with Crippen LogP contribution in [0.1, 0.15) is 27.7 Å². The molecule has 0 aliphatic carbocycles. The van der Waals surface area contributed by atoms with E-state index in [4.69, 9.17) is 0 Å². The van der Waals surface area contributed by atoms with Crippen LogP contribution >= 0.6 is 0 Å². The molecule has 1 rings (SSSR count). The van der Waals surface area contributed by atoms with Crippen LogP contribution in [-0.2, 0) is 4.79 Å². The summed E-state index contributed by atoms with van der Waals surface area (Å²) in [5.41, 5.74) is 0. The Kier molecular flexibility index (Phi) is 4.95. The minimum Gasteiger partial charge on any atom is -0.324 e. The van der Waals surface area contributed by atoms with E-state index < -0.39 is 0 Å². The van der Waals surface area contributed by atoms with Crippen LogP contribution in [-0.4, -0.2) is 55.1 Å². The zero-order chi connectivity index (χ0) is 13.2. The number of carbonyl (C=O) groups is 1. The summed E-state index contributed by atoms with van der Waals surface area (Å²) in [4.78, 5) is 16.5. The van der Waals surface area contributed by atoms with E-state index in [1.807, 2.05) is 4.90 Å². The number of rotatable bonds is 5. The van der Waals surface area contributed by atoms with Crippen molar-refractivity contribution < 1.29 is 4.79 Å². The standard InChI is InChI=1S/C13H27N3O/c1-9(2)11(7-15(5)6)16-8-14-12(10(3)4)13(16)17/h9-12,14H,7-8H2,1-6H3. The largest absolute Gasteiger partial charge is 0.324 e. The molecule has 1 aliphatic heterocycles. The lowest BCUT2D eigenvalue weighted by Gasteiger charge is -2.33. The highest BCUT2D eigenvalue weighted by atomic mass is 16.2. The molecule has 1 N–H and O–H groups in total. The first-order valence-corrected chi connectivity index (χ1v) is 6.53. The van der Waals surface area contributed by atoms with Gasteiger partial charge in [-0.15, -0.1) is 0 Å². The Morgan fingerprint density at radius 1 is 1.35 bits per heavy atom. The average Bonchev–Trinajstić information content (AvgIpc) is 2.56. The van der Waals surface area contributed by atoms with Crippen LogP contribution in [0.4, 0.5) is 0 Å². The molecule has 0 bridgehead atoms. The lowest BCUT2D eigenvalue weighted by molar-refractivity contribution is -0.132. The van der Waals surface area contributed by atoms with Crippen LogP contribution in [0.5, 0.6) is 0 Å². The summed E-state index contributed by atoms with van der Waals surface area (Å²) in [5.74, 6) is 1.11. The second-order valence-corrected chi connectivity index (χ2v) is 5.97. The van der Waals surface area contributed by atoms with Crippen molar-refractivity contribution in [2.24, 2.45) is 11.8 Å². The molecule has 0 aromatic rings.